The molecule has 2 aliphatic heterocycles. The van der Waals surface area contributed by atoms with Gasteiger partial charge in [0, 0.05) is 38.7 Å². The number of ether oxygens (including phenoxy) is 1. The van der Waals surface area contributed by atoms with Crippen LogP contribution in [0.5, 0.6) is 5.75 Å². The Morgan fingerprint density at radius 3 is 3.04 bits per heavy atom. The van der Waals surface area contributed by atoms with Gasteiger partial charge in [-0.3, -0.25) is 4.79 Å². The number of fused-ring (bicyclic) bond motifs is 1. The monoisotopic (exact) mass is 354 g/mol. The molecule has 1 amide bonds. The minimum atomic E-state index is 0.0125. The van der Waals surface area contributed by atoms with E-state index in [1.54, 1.807) is 12.0 Å². The molecule has 0 aliphatic carbocycles. The summed E-state index contributed by atoms with van der Waals surface area (Å²) in [6, 6.07) is 8.41. The molecule has 1 atom stereocenters. The maximum absolute atomic E-state index is 12.4. The summed E-state index contributed by atoms with van der Waals surface area (Å²) in [5.74, 6) is 1.22. The predicted molar refractivity (Wildman–Crippen MR) is 95.8 cm³/mol. The molecule has 2 aliphatic rings. The average Bonchev–Trinajstić information content (AvgIpc) is 3.04. The second kappa shape index (κ2) is 6.87. The maximum atomic E-state index is 12.4. The Bertz CT molecular complexity index is 850. The van der Waals surface area contributed by atoms with Gasteiger partial charge in [0.15, 0.2) is 5.58 Å². The number of hydrogen-bond acceptors (Lipinski definition) is 6. The number of piperidine rings is 1. The van der Waals surface area contributed by atoms with Gasteiger partial charge in [0.25, 0.3) is 6.01 Å². The van der Waals surface area contributed by atoms with Crippen LogP contribution in [0.15, 0.2) is 22.6 Å². The summed E-state index contributed by atoms with van der Waals surface area (Å²) in [7, 11) is 1.63. The van der Waals surface area contributed by atoms with Crippen LogP contribution < -0.4 is 9.64 Å². The molecule has 0 bridgehead atoms. The quantitative estimate of drug-likeness (QED) is 0.839. The first-order chi connectivity index (χ1) is 12.7. The van der Waals surface area contributed by atoms with Crippen molar-refractivity contribution in [3.63, 3.8) is 0 Å². The summed E-state index contributed by atoms with van der Waals surface area (Å²) in [5.41, 5.74) is 1.52. The molecule has 1 aromatic carbocycles. The van der Waals surface area contributed by atoms with Gasteiger partial charge in [0.1, 0.15) is 11.3 Å². The molecule has 3 heterocycles. The van der Waals surface area contributed by atoms with Gasteiger partial charge in [0.2, 0.25) is 5.91 Å². The normalized spacial score (nSPS) is 20.7. The first kappa shape index (κ1) is 16.7. The summed E-state index contributed by atoms with van der Waals surface area (Å²) < 4.78 is 11.1. The van der Waals surface area contributed by atoms with E-state index in [0.29, 0.717) is 31.4 Å². The number of benzene rings is 1. The van der Waals surface area contributed by atoms with Crippen LogP contribution in [0.3, 0.4) is 0 Å². The molecule has 0 N–H and O–H groups in total. The Balaban J connectivity index is 1.40. The summed E-state index contributed by atoms with van der Waals surface area (Å²) >= 11 is 0. The first-order valence-corrected chi connectivity index (χ1v) is 9.03. The average molecular weight is 354 g/mol. The second-order valence-corrected chi connectivity index (χ2v) is 7.11. The SMILES string of the molecule is COc1ccc2oc(N3CCCC(CC(=O)N4CC(C#N)C4)C3)nc2c1. The highest BCUT2D eigenvalue weighted by Gasteiger charge is 2.33. The Hall–Kier alpha value is -2.75. The van der Waals surface area contributed by atoms with Gasteiger partial charge in [0.05, 0.1) is 19.1 Å². The van der Waals surface area contributed by atoms with Gasteiger partial charge in [-0.1, -0.05) is 0 Å². The Kier molecular flexibility index (Phi) is 4.41. The van der Waals surface area contributed by atoms with Crippen molar-refractivity contribution in [2.24, 2.45) is 11.8 Å². The number of methoxy groups -OCH3 is 1. The lowest BCUT2D eigenvalue weighted by molar-refractivity contribution is -0.137. The van der Waals surface area contributed by atoms with E-state index in [4.69, 9.17) is 14.4 Å². The zero-order chi connectivity index (χ0) is 18.1. The molecule has 4 rings (SSSR count). The van der Waals surface area contributed by atoms with Crippen molar-refractivity contribution < 1.29 is 13.9 Å². The molecule has 2 aromatic rings. The molecule has 0 radical (unpaired) electrons. The van der Waals surface area contributed by atoms with Gasteiger partial charge in [-0.15, -0.1) is 0 Å². The van der Waals surface area contributed by atoms with Crippen LogP contribution in [0, 0.1) is 23.2 Å². The number of anilines is 1. The van der Waals surface area contributed by atoms with Crippen molar-refractivity contribution in [1.29, 1.82) is 5.26 Å². The fourth-order valence-corrected chi connectivity index (χ4v) is 3.70. The molecular formula is C19H22N4O3. The number of hydrogen-bond donors (Lipinski definition) is 0. The standard InChI is InChI=1S/C19H22N4O3/c1-25-15-4-5-17-16(8-15)21-19(26-17)22-6-2-3-13(10-22)7-18(24)23-11-14(9-20)12-23/h4-5,8,13-14H,2-3,6-7,10-12H2,1H3. The van der Waals surface area contributed by atoms with Crippen LogP contribution in [0.1, 0.15) is 19.3 Å². The van der Waals surface area contributed by atoms with E-state index in [1.165, 1.54) is 0 Å². The van der Waals surface area contributed by atoms with Gasteiger partial charge in [-0.05, 0) is 30.9 Å². The molecule has 136 valence electrons. The van der Waals surface area contributed by atoms with Crippen molar-refractivity contribution in [3.8, 4) is 11.8 Å². The molecule has 1 unspecified atom stereocenters. The largest absolute Gasteiger partial charge is 0.497 e. The third kappa shape index (κ3) is 3.19. The molecule has 0 spiro atoms. The van der Waals surface area contributed by atoms with Gasteiger partial charge in [-0.25, -0.2) is 0 Å². The smallest absolute Gasteiger partial charge is 0.298 e. The zero-order valence-corrected chi connectivity index (χ0v) is 14.9. The van der Waals surface area contributed by atoms with Crippen LogP contribution in [0.2, 0.25) is 0 Å². The van der Waals surface area contributed by atoms with Crippen LogP contribution in [-0.4, -0.2) is 49.1 Å². The lowest BCUT2D eigenvalue weighted by Gasteiger charge is -2.37. The van der Waals surface area contributed by atoms with E-state index in [0.717, 1.165) is 42.8 Å². The number of carbonyl (C=O) groups is 1. The van der Waals surface area contributed by atoms with Crippen molar-refractivity contribution in [2.45, 2.75) is 19.3 Å². The summed E-state index contributed by atoms with van der Waals surface area (Å²) in [6.45, 7) is 2.82. The summed E-state index contributed by atoms with van der Waals surface area (Å²) in [6.07, 6.45) is 2.58. The molecule has 26 heavy (non-hydrogen) atoms. The lowest BCUT2D eigenvalue weighted by atomic mass is 9.93. The summed E-state index contributed by atoms with van der Waals surface area (Å²) in [5, 5.41) is 8.84. The number of oxazole rings is 1. The molecule has 2 saturated heterocycles. The Morgan fingerprint density at radius 1 is 1.42 bits per heavy atom. The lowest BCUT2D eigenvalue weighted by Crippen LogP contribution is -2.50. The van der Waals surface area contributed by atoms with Crippen LogP contribution >= 0.6 is 0 Å². The van der Waals surface area contributed by atoms with Gasteiger partial charge in [-0.2, -0.15) is 10.2 Å². The molecule has 7 heteroatoms. The zero-order valence-electron chi connectivity index (χ0n) is 14.9. The minimum Gasteiger partial charge on any atom is -0.497 e. The van der Waals surface area contributed by atoms with E-state index in [2.05, 4.69) is 16.0 Å². The van der Waals surface area contributed by atoms with E-state index in [9.17, 15) is 4.79 Å². The molecule has 7 nitrogen and oxygen atoms in total. The predicted octanol–water partition coefficient (Wildman–Crippen LogP) is 2.42. The number of amides is 1. The van der Waals surface area contributed by atoms with Crippen LogP contribution in [-0.2, 0) is 4.79 Å². The first-order valence-electron chi connectivity index (χ1n) is 9.03. The molecule has 2 fully saturated rings. The topological polar surface area (TPSA) is 82.6 Å². The Labute approximate surface area is 152 Å². The highest BCUT2D eigenvalue weighted by Crippen LogP contribution is 2.30. The number of nitriles is 1. The van der Waals surface area contributed by atoms with E-state index < -0.39 is 0 Å². The number of carbonyl (C=O) groups excluding carboxylic acids is 1. The van der Waals surface area contributed by atoms with Crippen molar-refractivity contribution in [2.75, 3.05) is 38.2 Å². The van der Waals surface area contributed by atoms with E-state index >= 15 is 0 Å². The fraction of sp³-hybridized carbons (Fsp3) is 0.526. The molecule has 1 aromatic heterocycles. The number of nitrogens with zero attached hydrogens (tertiary/aromatic N) is 4. The summed E-state index contributed by atoms with van der Waals surface area (Å²) in [4.78, 5) is 20.9. The Morgan fingerprint density at radius 2 is 2.27 bits per heavy atom. The number of aromatic nitrogens is 1. The van der Waals surface area contributed by atoms with Crippen molar-refractivity contribution in [3.05, 3.63) is 18.2 Å². The molecule has 0 saturated carbocycles. The maximum Gasteiger partial charge on any atom is 0.298 e. The van der Waals surface area contributed by atoms with Gasteiger partial charge < -0.3 is 19.0 Å². The molecular weight excluding hydrogens is 332 g/mol. The van der Waals surface area contributed by atoms with Crippen molar-refractivity contribution in [1.82, 2.24) is 9.88 Å². The third-order valence-electron chi connectivity index (χ3n) is 5.25. The van der Waals surface area contributed by atoms with Crippen molar-refractivity contribution >= 4 is 23.0 Å². The highest BCUT2D eigenvalue weighted by atomic mass is 16.5. The van der Waals surface area contributed by atoms with Crippen LogP contribution in [0.4, 0.5) is 6.01 Å². The minimum absolute atomic E-state index is 0.0125. The fourth-order valence-electron chi connectivity index (χ4n) is 3.70. The van der Waals surface area contributed by atoms with E-state index in [1.807, 2.05) is 18.2 Å². The van der Waals surface area contributed by atoms with Crippen LogP contribution in [0.25, 0.3) is 11.1 Å². The third-order valence-corrected chi connectivity index (χ3v) is 5.25. The second-order valence-electron chi connectivity index (χ2n) is 7.11. The highest BCUT2D eigenvalue weighted by molar-refractivity contribution is 5.78. The number of rotatable bonds is 4. The number of likely N-dealkylation sites (tertiary alicyclic amines) is 1. The van der Waals surface area contributed by atoms with E-state index in [-0.39, 0.29) is 11.8 Å². The van der Waals surface area contributed by atoms with Gasteiger partial charge >= 0.3 is 0 Å².